The Morgan fingerprint density at radius 2 is 1.67 bits per heavy atom. The number of carbonyl (C=O) groups excluding carboxylic acids is 2. The summed E-state index contributed by atoms with van der Waals surface area (Å²) in [5.74, 6) is -1.17. The molecule has 2 amide bonds. The van der Waals surface area contributed by atoms with Gasteiger partial charge in [-0.15, -0.1) is 11.3 Å². The van der Waals surface area contributed by atoms with Gasteiger partial charge < -0.3 is 10.6 Å². The minimum absolute atomic E-state index is 0.172. The van der Waals surface area contributed by atoms with E-state index in [1.54, 1.807) is 35.7 Å². The zero-order valence-corrected chi connectivity index (χ0v) is 17.0. The summed E-state index contributed by atoms with van der Waals surface area (Å²) < 4.78 is 26.0. The van der Waals surface area contributed by atoms with Crippen molar-refractivity contribution in [3.05, 3.63) is 52.7 Å². The Labute approximate surface area is 163 Å². The molecule has 0 fully saturated rings. The van der Waals surface area contributed by atoms with Crippen LogP contribution >= 0.6 is 11.3 Å². The zero-order chi connectivity index (χ0) is 19.9. The van der Waals surface area contributed by atoms with Gasteiger partial charge in [-0.2, -0.15) is 0 Å². The molecule has 0 aliphatic heterocycles. The molecule has 0 aliphatic carbocycles. The second-order valence-electron chi connectivity index (χ2n) is 6.51. The SMILES string of the molecule is CC(C)CCNC(=O)C(=O)NC[C@H](c1cccs1)S(=O)(=O)c1ccccc1. The van der Waals surface area contributed by atoms with Gasteiger partial charge in [-0.05, 0) is 35.9 Å². The maximum Gasteiger partial charge on any atom is 0.309 e. The molecule has 1 heterocycles. The lowest BCUT2D eigenvalue weighted by Crippen LogP contribution is -2.42. The number of hydrogen-bond acceptors (Lipinski definition) is 5. The highest BCUT2D eigenvalue weighted by molar-refractivity contribution is 7.91. The van der Waals surface area contributed by atoms with E-state index in [-0.39, 0.29) is 11.4 Å². The van der Waals surface area contributed by atoms with E-state index in [4.69, 9.17) is 0 Å². The van der Waals surface area contributed by atoms with Crippen LogP contribution in [-0.4, -0.2) is 33.3 Å². The summed E-state index contributed by atoms with van der Waals surface area (Å²) in [4.78, 5) is 24.7. The van der Waals surface area contributed by atoms with Crippen LogP contribution in [-0.2, 0) is 19.4 Å². The average Bonchev–Trinajstić information content (AvgIpc) is 3.16. The fraction of sp³-hybridized carbons (Fsp3) is 0.368. The van der Waals surface area contributed by atoms with E-state index in [1.807, 2.05) is 13.8 Å². The molecule has 27 heavy (non-hydrogen) atoms. The van der Waals surface area contributed by atoms with Gasteiger partial charge in [-0.1, -0.05) is 38.1 Å². The third kappa shape index (κ3) is 5.90. The van der Waals surface area contributed by atoms with Crippen molar-refractivity contribution in [2.24, 2.45) is 5.92 Å². The van der Waals surface area contributed by atoms with Crippen molar-refractivity contribution in [2.45, 2.75) is 30.4 Å². The van der Waals surface area contributed by atoms with Crippen LogP contribution in [0.2, 0.25) is 0 Å². The second-order valence-corrected chi connectivity index (χ2v) is 9.62. The highest BCUT2D eigenvalue weighted by Crippen LogP contribution is 2.31. The Bertz CT molecular complexity index is 847. The molecule has 1 aromatic carbocycles. The Hall–Kier alpha value is -2.19. The topological polar surface area (TPSA) is 92.3 Å². The van der Waals surface area contributed by atoms with E-state index in [1.165, 1.54) is 23.5 Å². The largest absolute Gasteiger partial charge is 0.348 e. The molecule has 0 bridgehead atoms. The molecule has 8 heteroatoms. The van der Waals surface area contributed by atoms with Gasteiger partial charge in [-0.3, -0.25) is 9.59 Å². The van der Waals surface area contributed by atoms with Crippen molar-refractivity contribution in [3.8, 4) is 0 Å². The highest BCUT2D eigenvalue weighted by atomic mass is 32.2. The van der Waals surface area contributed by atoms with Crippen LogP contribution in [0.4, 0.5) is 0 Å². The average molecular weight is 409 g/mol. The van der Waals surface area contributed by atoms with Gasteiger partial charge in [0.25, 0.3) is 0 Å². The predicted molar refractivity (Wildman–Crippen MR) is 106 cm³/mol. The van der Waals surface area contributed by atoms with Crippen LogP contribution in [0.5, 0.6) is 0 Å². The van der Waals surface area contributed by atoms with Crippen LogP contribution in [0.15, 0.2) is 52.7 Å². The molecule has 0 saturated heterocycles. The van der Waals surface area contributed by atoms with Gasteiger partial charge in [-0.25, -0.2) is 8.42 Å². The molecule has 1 atom stereocenters. The quantitative estimate of drug-likeness (QED) is 0.657. The molecule has 2 rings (SSSR count). The lowest BCUT2D eigenvalue weighted by molar-refractivity contribution is -0.139. The summed E-state index contributed by atoms with van der Waals surface area (Å²) in [7, 11) is -3.71. The normalized spacial score (nSPS) is 12.6. The molecule has 2 N–H and O–H groups in total. The van der Waals surface area contributed by atoms with E-state index >= 15 is 0 Å². The van der Waals surface area contributed by atoms with Crippen molar-refractivity contribution in [3.63, 3.8) is 0 Å². The Kier molecular flexibility index (Phi) is 7.55. The number of thiophene rings is 1. The summed E-state index contributed by atoms with van der Waals surface area (Å²) in [6, 6.07) is 11.6. The molecule has 1 aromatic heterocycles. The monoisotopic (exact) mass is 408 g/mol. The number of nitrogens with one attached hydrogen (secondary N) is 2. The molecule has 6 nitrogen and oxygen atoms in total. The molecule has 0 spiro atoms. The third-order valence-corrected chi connectivity index (χ3v) is 7.20. The number of benzene rings is 1. The van der Waals surface area contributed by atoms with Gasteiger partial charge in [0.1, 0.15) is 5.25 Å². The maximum atomic E-state index is 13.0. The van der Waals surface area contributed by atoms with Gasteiger partial charge in [0.15, 0.2) is 9.84 Å². The maximum absolute atomic E-state index is 13.0. The van der Waals surface area contributed by atoms with Crippen LogP contribution in [0.1, 0.15) is 30.4 Å². The predicted octanol–water partition coefficient (Wildman–Crippen LogP) is 2.54. The van der Waals surface area contributed by atoms with Crippen LogP contribution < -0.4 is 10.6 Å². The second kappa shape index (κ2) is 9.66. The van der Waals surface area contributed by atoms with E-state index in [0.717, 1.165) is 6.42 Å². The molecule has 0 aliphatic rings. The number of carbonyl (C=O) groups is 2. The fourth-order valence-electron chi connectivity index (χ4n) is 2.43. The summed E-state index contributed by atoms with van der Waals surface area (Å²) >= 11 is 1.30. The number of sulfone groups is 1. The highest BCUT2D eigenvalue weighted by Gasteiger charge is 2.31. The van der Waals surface area contributed by atoms with Crippen molar-refractivity contribution >= 4 is 33.0 Å². The van der Waals surface area contributed by atoms with Crippen LogP contribution in [0.25, 0.3) is 0 Å². The lowest BCUT2D eigenvalue weighted by atomic mass is 10.1. The zero-order valence-electron chi connectivity index (χ0n) is 15.3. The number of amides is 2. The van der Waals surface area contributed by atoms with Crippen LogP contribution in [0.3, 0.4) is 0 Å². The molecular weight excluding hydrogens is 384 g/mol. The smallest absolute Gasteiger partial charge is 0.309 e. The third-order valence-electron chi connectivity index (χ3n) is 3.97. The number of hydrogen-bond donors (Lipinski definition) is 2. The van der Waals surface area contributed by atoms with E-state index in [0.29, 0.717) is 17.3 Å². The lowest BCUT2D eigenvalue weighted by Gasteiger charge is -2.17. The van der Waals surface area contributed by atoms with Crippen molar-refractivity contribution < 1.29 is 18.0 Å². The molecule has 2 aromatic rings. The van der Waals surface area contributed by atoms with Crippen LogP contribution in [0, 0.1) is 5.92 Å². The summed E-state index contributed by atoms with van der Waals surface area (Å²) in [6.45, 7) is 4.27. The van der Waals surface area contributed by atoms with Crippen molar-refractivity contribution in [1.82, 2.24) is 10.6 Å². The van der Waals surface area contributed by atoms with E-state index in [9.17, 15) is 18.0 Å². The summed E-state index contributed by atoms with van der Waals surface area (Å²) in [5.41, 5.74) is 0. The minimum atomic E-state index is -3.71. The minimum Gasteiger partial charge on any atom is -0.348 e. The van der Waals surface area contributed by atoms with Gasteiger partial charge in [0, 0.05) is 18.0 Å². The fourth-order valence-corrected chi connectivity index (χ4v) is 5.24. The van der Waals surface area contributed by atoms with Gasteiger partial charge in [0.05, 0.1) is 4.90 Å². The first-order valence-electron chi connectivity index (χ1n) is 8.70. The first-order valence-corrected chi connectivity index (χ1v) is 11.1. The Morgan fingerprint density at radius 3 is 2.26 bits per heavy atom. The standard InChI is InChI=1S/C19H24N2O4S2/c1-14(2)10-11-20-18(22)19(23)21-13-17(16-9-6-12-26-16)27(24,25)15-7-4-3-5-8-15/h3-9,12,14,17H,10-11,13H2,1-2H3,(H,20,22)(H,21,23)/t17-/m1/s1. The Morgan fingerprint density at radius 1 is 1.00 bits per heavy atom. The summed E-state index contributed by atoms with van der Waals surface area (Å²) in [5, 5.41) is 5.84. The Balaban J connectivity index is 2.09. The van der Waals surface area contributed by atoms with Gasteiger partial charge >= 0.3 is 11.8 Å². The molecule has 146 valence electrons. The van der Waals surface area contributed by atoms with Crippen molar-refractivity contribution in [1.29, 1.82) is 0 Å². The number of rotatable bonds is 8. The molecule has 0 radical (unpaired) electrons. The summed E-state index contributed by atoms with van der Waals surface area (Å²) in [6.07, 6.45) is 0.763. The molecule has 0 unspecified atom stereocenters. The first-order chi connectivity index (χ1) is 12.8. The van der Waals surface area contributed by atoms with E-state index < -0.39 is 26.9 Å². The molecule has 0 saturated carbocycles. The van der Waals surface area contributed by atoms with Crippen molar-refractivity contribution in [2.75, 3.05) is 13.1 Å². The molecular formula is C19H24N2O4S2. The van der Waals surface area contributed by atoms with Gasteiger partial charge in [0.2, 0.25) is 0 Å². The van der Waals surface area contributed by atoms with E-state index in [2.05, 4.69) is 10.6 Å². The first kappa shape index (κ1) is 21.1.